The molecule has 1 fully saturated rings. The van der Waals surface area contributed by atoms with Crippen molar-refractivity contribution in [1.82, 2.24) is 25.1 Å². The van der Waals surface area contributed by atoms with Crippen LogP contribution in [0.25, 0.3) is 11.4 Å². The number of morpholine rings is 1. The second-order valence-corrected chi connectivity index (χ2v) is 4.95. The SMILES string of the molecule is C#CCn1nnnc1-c1ccc(CN2CCOCC2)cc1. The number of benzene rings is 1. The molecular formula is C15H17N5O. The standard InChI is InChI=1S/C15H17N5O/c1-2-7-20-15(16-17-18-20)14-5-3-13(4-6-14)12-19-8-10-21-11-9-19/h1,3-6H,7-12H2. The summed E-state index contributed by atoms with van der Waals surface area (Å²) in [5.74, 6) is 3.25. The third kappa shape index (κ3) is 3.27. The van der Waals surface area contributed by atoms with Crippen LogP contribution in [-0.4, -0.2) is 51.4 Å². The van der Waals surface area contributed by atoms with Gasteiger partial charge >= 0.3 is 0 Å². The molecule has 0 amide bonds. The zero-order valence-electron chi connectivity index (χ0n) is 11.8. The highest BCUT2D eigenvalue weighted by Gasteiger charge is 2.11. The summed E-state index contributed by atoms with van der Waals surface area (Å²) in [5.41, 5.74) is 2.25. The second-order valence-electron chi connectivity index (χ2n) is 4.95. The number of nitrogens with zero attached hydrogens (tertiary/aromatic N) is 5. The molecule has 1 aliphatic heterocycles. The molecule has 1 aromatic heterocycles. The molecule has 0 atom stereocenters. The van der Waals surface area contributed by atoms with Gasteiger partial charge in [0.1, 0.15) is 6.54 Å². The average Bonchev–Trinajstić information content (AvgIpc) is 2.98. The number of aromatic nitrogens is 4. The van der Waals surface area contributed by atoms with Crippen molar-refractivity contribution in [2.75, 3.05) is 26.3 Å². The molecule has 0 unspecified atom stereocenters. The number of tetrazole rings is 1. The second kappa shape index (κ2) is 6.48. The number of ether oxygens (including phenoxy) is 1. The van der Waals surface area contributed by atoms with Crippen LogP contribution in [0, 0.1) is 12.3 Å². The van der Waals surface area contributed by atoms with E-state index in [2.05, 4.69) is 38.5 Å². The van der Waals surface area contributed by atoms with Crippen molar-refractivity contribution in [2.24, 2.45) is 0 Å². The van der Waals surface area contributed by atoms with Gasteiger partial charge in [0.2, 0.25) is 0 Å². The van der Waals surface area contributed by atoms with Crippen LogP contribution in [0.4, 0.5) is 0 Å². The molecule has 6 nitrogen and oxygen atoms in total. The normalized spacial score (nSPS) is 15.8. The van der Waals surface area contributed by atoms with Crippen molar-refractivity contribution >= 4 is 0 Å². The first-order valence-corrected chi connectivity index (χ1v) is 6.96. The van der Waals surface area contributed by atoms with Crippen LogP contribution >= 0.6 is 0 Å². The first-order chi connectivity index (χ1) is 10.4. The molecule has 0 N–H and O–H groups in total. The van der Waals surface area contributed by atoms with Gasteiger partial charge in [0.05, 0.1) is 13.2 Å². The molecule has 0 saturated carbocycles. The van der Waals surface area contributed by atoms with E-state index in [1.165, 1.54) is 5.56 Å². The summed E-state index contributed by atoms with van der Waals surface area (Å²) in [7, 11) is 0. The quantitative estimate of drug-likeness (QED) is 0.777. The highest BCUT2D eigenvalue weighted by molar-refractivity contribution is 5.55. The van der Waals surface area contributed by atoms with Crippen LogP contribution in [0.1, 0.15) is 5.56 Å². The van der Waals surface area contributed by atoms with E-state index in [1.807, 2.05) is 12.1 Å². The smallest absolute Gasteiger partial charge is 0.182 e. The molecule has 0 aliphatic carbocycles. The Morgan fingerprint density at radius 1 is 1.19 bits per heavy atom. The summed E-state index contributed by atoms with van der Waals surface area (Å²) in [6.07, 6.45) is 5.31. The lowest BCUT2D eigenvalue weighted by Crippen LogP contribution is -2.35. The Morgan fingerprint density at radius 2 is 1.95 bits per heavy atom. The molecule has 1 aliphatic rings. The largest absolute Gasteiger partial charge is 0.379 e. The van der Waals surface area contributed by atoms with E-state index >= 15 is 0 Å². The van der Waals surface area contributed by atoms with Crippen LogP contribution in [0.5, 0.6) is 0 Å². The Kier molecular flexibility index (Phi) is 4.24. The maximum atomic E-state index is 5.36. The van der Waals surface area contributed by atoms with Gasteiger partial charge in [-0.25, -0.2) is 4.68 Å². The Bertz CT molecular complexity index is 622. The molecule has 2 heterocycles. The lowest BCUT2D eigenvalue weighted by molar-refractivity contribution is 0.0342. The zero-order valence-corrected chi connectivity index (χ0v) is 11.8. The Labute approximate surface area is 123 Å². The summed E-state index contributed by atoms with van der Waals surface area (Å²) in [5, 5.41) is 11.6. The minimum absolute atomic E-state index is 0.373. The first kappa shape index (κ1) is 13.7. The van der Waals surface area contributed by atoms with E-state index in [0.717, 1.165) is 38.4 Å². The summed E-state index contributed by atoms with van der Waals surface area (Å²) in [6.45, 7) is 4.93. The molecule has 108 valence electrons. The zero-order chi connectivity index (χ0) is 14.5. The van der Waals surface area contributed by atoms with E-state index in [4.69, 9.17) is 11.2 Å². The topological polar surface area (TPSA) is 56.1 Å². The van der Waals surface area contributed by atoms with E-state index in [1.54, 1.807) is 4.68 Å². The molecule has 0 radical (unpaired) electrons. The molecule has 0 spiro atoms. The van der Waals surface area contributed by atoms with Crippen molar-refractivity contribution in [3.8, 4) is 23.7 Å². The maximum Gasteiger partial charge on any atom is 0.182 e. The van der Waals surface area contributed by atoms with Crippen LogP contribution < -0.4 is 0 Å². The fourth-order valence-corrected chi connectivity index (χ4v) is 2.38. The van der Waals surface area contributed by atoms with Crippen LogP contribution in [-0.2, 0) is 17.8 Å². The maximum absolute atomic E-state index is 5.36. The van der Waals surface area contributed by atoms with Crippen molar-refractivity contribution in [1.29, 1.82) is 0 Å². The van der Waals surface area contributed by atoms with Crippen molar-refractivity contribution in [3.63, 3.8) is 0 Å². The van der Waals surface area contributed by atoms with Gasteiger partial charge in [0.15, 0.2) is 5.82 Å². The highest BCUT2D eigenvalue weighted by Crippen LogP contribution is 2.17. The Morgan fingerprint density at radius 3 is 2.67 bits per heavy atom. The third-order valence-corrected chi connectivity index (χ3v) is 3.49. The van der Waals surface area contributed by atoms with Gasteiger partial charge in [0.25, 0.3) is 0 Å². The fourth-order valence-electron chi connectivity index (χ4n) is 2.38. The van der Waals surface area contributed by atoms with Crippen LogP contribution in [0.2, 0.25) is 0 Å². The Hall–Kier alpha value is -2.23. The minimum Gasteiger partial charge on any atom is -0.379 e. The molecule has 0 bridgehead atoms. The van der Waals surface area contributed by atoms with E-state index in [0.29, 0.717) is 12.4 Å². The van der Waals surface area contributed by atoms with Gasteiger partial charge in [-0.15, -0.1) is 11.5 Å². The van der Waals surface area contributed by atoms with E-state index < -0.39 is 0 Å². The summed E-state index contributed by atoms with van der Waals surface area (Å²) in [6, 6.07) is 8.29. The molecule has 1 aromatic carbocycles. The van der Waals surface area contributed by atoms with Gasteiger partial charge in [-0.3, -0.25) is 4.90 Å². The molecule has 1 saturated heterocycles. The van der Waals surface area contributed by atoms with Gasteiger partial charge < -0.3 is 4.74 Å². The van der Waals surface area contributed by atoms with Gasteiger partial charge in [-0.1, -0.05) is 30.2 Å². The number of rotatable bonds is 4. The lowest BCUT2D eigenvalue weighted by atomic mass is 10.1. The van der Waals surface area contributed by atoms with Crippen LogP contribution in [0.3, 0.4) is 0 Å². The number of hydrogen-bond donors (Lipinski definition) is 0. The molecule has 3 rings (SSSR count). The molecule has 2 aromatic rings. The van der Waals surface area contributed by atoms with Crippen molar-refractivity contribution in [3.05, 3.63) is 29.8 Å². The first-order valence-electron chi connectivity index (χ1n) is 6.96. The van der Waals surface area contributed by atoms with E-state index in [9.17, 15) is 0 Å². The van der Waals surface area contributed by atoms with Crippen molar-refractivity contribution < 1.29 is 4.74 Å². The monoisotopic (exact) mass is 283 g/mol. The molecule has 6 heteroatoms. The average molecular weight is 283 g/mol. The summed E-state index contributed by atoms with van der Waals surface area (Å²) >= 11 is 0. The highest BCUT2D eigenvalue weighted by atomic mass is 16.5. The van der Waals surface area contributed by atoms with Gasteiger partial charge in [-0.2, -0.15) is 0 Å². The predicted molar refractivity (Wildman–Crippen MR) is 78.2 cm³/mol. The van der Waals surface area contributed by atoms with Crippen molar-refractivity contribution in [2.45, 2.75) is 13.1 Å². The Balaban J connectivity index is 1.71. The number of hydrogen-bond acceptors (Lipinski definition) is 5. The van der Waals surface area contributed by atoms with Gasteiger partial charge in [-0.05, 0) is 16.0 Å². The third-order valence-electron chi connectivity index (χ3n) is 3.49. The fraction of sp³-hybridized carbons (Fsp3) is 0.400. The number of terminal acetylenes is 1. The molecule has 21 heavy (non-hydrogen) atoms. The van der Waals surface area contributed by atoms with Gasteiger partial charge in [0, 0.05) is 25.2 Å². The van der Waals surface area contributed by atoms with Crippen LogP contribution in [0.15, 0.2) is 24.3 Å². The summed E-state index contributed by atoms with van der Waals surface area (Å²) in [4.78, 5) is 2.39. The molecular weight excluding hydrogens is 266 g/mol. The summed E-state index contributed by atoms with van der Waals surface area (Å²) < 4.78 is 6.98. The minimum atomic E-state index is 0.373. The predicted octanol–water partition coefficient (Wildman–Crippen LogP) is 0.805. The van der Waals surface area contributed by atoms with E-state index in [-0.39, 0.29) is 0 Å². The lowest BCUT2D eigenvalue weighted by Gasteiger charge is -2.26.